The van der Waals surface area contributed by atoms with E-state index in [0.717, 1.165) is 31.2 Å². The van der Waals surface area contributed by atoms with Crippen molar-refractivity contribution >= 4 is 23.0 Å². The molecule has 4 nitrogen and oxygen atoms in total. The Morgan fingerprint density at radius 2 is 1.87 bits per heavy atom. The summed E-state index contributed by atoms with van der Waals surface area (Å²) < 4.78 is 5.38. The van der Waals surface area contributed by atoms with Crippen molar-refractivity contribution < 1.29 is 14.3 Å². The Morgan fingerprint density at radius 3 is 2.48 bits per heavy atom. The second-order valence-electron chi connectivity index (χ2n) is 6.85. The molecule has 0 heterocycles. The molecular weight excluding hydrogens is 310 g/mol. The molecule has 0 bridgehead atoms. The predicted molar refractivity (Wildman–Crippen MR) is 91.1 cm³/mol. The number of hydrogen-bond acceptors (Lipinski definition) is 4. The summed E-state index contributed by atoms with van der Waals surface area (Å²) in [6, 6.07) is 10.0. The van der Waals surface area contributed by atoms with Crippen molar-refractivity contribution in [2.75, 3.05) is 7.05 Å². The molecule has 124 valence electrons. The van der Waals surface area contributed by atoms with E-state index in [1.807, 2.05) is 37.4 Å². The Kier molecular flexibility index (Phi) is 4.67. The zero-order valence-electron chi connectivity index (χ0n) is 13.7. The Bertz CT molecular complexity index is 575. The summed E-state index contributed by atoms with van der Waals surface area (Å²) in [5, 5.41) is 0.700. The van der Waals surface area contributed by atoms with Crippen molar-refractivity contribution in [3.63, 3.8) is 0 Å². The zero-order valence-corrected chi connectivity index (χ0v) is 14.5. The summed E-state index contributed by atoms with van der Waals surface area (Å²) in [6.45, 7) is 1.95. The Morgan fingerprint density at radius 1 is 1.22 bits per heavy atom. The Hall–Kier alpha value is -1.49. The number of thioether (sulfide) groups is 1. The fourth-order valence-corrected chi connectivity index (χ4v) is 5.08. The van der Waals surface area contributed by atoms with Gasteiger partial charge in [0.25, 0.3) is 0 Å². The average Bonchev–Trinajstić information content (AvgIpc) is 2.46. The largest absolute Gasteiger partial charge is 0.445 e. The second kappa shape index (κ2) is 6.56. The lowest BCUT2D eigenvalue weighted by atomic mass is 9.53. The van der Waals surface area contributed by atoms with Crippen LogP contribution in [0.2, 0.25) is 0 Å². The van der Waals surface area contributed by atoms with E-state index in [1.54, 1.807) is 11.8 Å². The number of hydrogen-bond donors (Lipinski definition) is 0. The van der Waals surface area contributed by atoms with Crippen LogP contribution in [0.4, 0.5) is 4.79 Å². The van der Waals surface area contributed by atoms with Crippen LogP contribution in [0.25, 0.3) is 0 Å². The number of nitrogens with zero attached hydrogens (tertiary/aromatic N) is 1. The molecule has 23 heavy (non-hydrogen) atoms. The smallest absolute Gasteiger partial charge is 0.410 e. The van der Waals surface area contributed by atoms with E-state index in [9.17, 15) is 9.59 Å². The third-order valence-corrected chi connectivity index (χ3v) is 6.03. The maximum absolute atomic E-state index is 12.1. The topological polar surface area (TPSA) is 46.6 Å². The van der Waals surface area contributed by atoms with E-state index in [2.05, 4.69) is 0 Å². The molecule has 2 saturated carbocycles. The lowest BCUT2D eigenvalue weighted by Gasteiger charge is -2.58. The van der Waals surface area contributed by atoms with E-state index in [4.69, 9.17) is 4.74 Å². The van der Waals surface area contributed by atoms with Crippen molar-refractivity contribution in [3.05, 3.63) is 35.9 Å². The third kappa shape index (κ3) is 3.71. The number of ether oxygens (including phenoxy) is 1. The number of amides is 1. The molecular formula is C18H23NO3S. The number of rotatable bonds is 4. The third-order valence-electron chi connectivity index (χ3n) is 5.03. The van der Waals surface area contributed by atoms with E-state index < -0.39 is 0 Å². The van der Waals surface area contributed by atoms with E-state index in [0.29, 0.717) is 17.3 Å². The number of carbonyl (C=O) groups excluding carboxylic acids is 2. The van der Waals surface area contributed by atoms with Crippen LogP contribution < -0.4 is 0 Å². The normalized spacial score (nSPS) is 28.6. The minimum Gasteiger partial charge on any atom is -0.445 e. The van der Waals surface area contributed by atoms with Gasteiger partial charge in [-0.2, -0.15) is 0 Å². The molecule has 0 aliphatic heterocycles. The first-order valence-electron chi connectivity index (χ1n) is 8.08. The number of carbonyl (C=O) groups is 2. The first-order chi connectivity index (χ1) is 11.0. The molecule has 0 N–H and O–H groups in total. The molecule has 1 amide bonds. The maximum atomic E-state index is 12.1. The summed E-state index contributed by atoms with van der Waals surface area (Å²) in [5.41, 5.74) is 1.38. The van der Waals surface area contributed by atoms with Crippen LogP contribution in [-0.4, -0.2) is 34.4 Å². The Balaban J connectivity index is 1.40. The van der Waals surface area contributed by atoms with Crippen LogP contribution in [0.5, 0.6) is 0 Å². The summed E-state index contributed by atoms with van der Waals surface area (Å²) in [6.07, 6.45) is 4.06. The van der Waals surface area contributed by atoms with E-state index in [1.165, 1.54) is 11.8 Å². The lowest BCUT2D eigenvalue weighted by molar-refractivity contribution is -0.109. The minimum absolute atomic E-state index is 0.210. The maximum Gasteiger partial charge on any atom is 0.410 e. The van der Waals surface area contributed by atoms with Crippen molar-refractivity contribution in [2.45, 2.75) is 50.5 Å². The monoisotopic (exact) mass is 333 g/mol. The molecule has 0 saturated heterocycles. The van der Waals surface area contributed by atoms with Gasteiger partial charge in [0, 0.05) is 25.3 Å². The van der Waals surface area contributed by atoms with Gasteiger partial charge in [0.2, 0.25) is 0 Å². The molecule has 1 spiro atoms. The molecule has 0 aromatic heterocycles. The summed E-state index contributed by atoms with van der Waals surface area (Å²) >= 11 is 1.47. The van der Waals surface area contributed by atoms with Crippen molar-refractivity contribution in [3.8, 4) is 0 Å². The molecule has 5 heteroatoms. The van der Waals surface area contributed by atoms with Gasteiger partial charge in [-0.05, 0) is 36.7 Å². The van der Waals surface area contributed by atoms with Crippen LogP contribution >= 0.6 is 11.8 Å². The molecule has 1 aromatic carbocycles. The second-order valence-corrected chi connectivity index (χ2v) is 8.33. The minimum atomic E-state index is -0.248. The lowest BCUT2D eigenvalue weighted by Crippen LogP contribution is -2.57. The number of benzene rings is 1. The molecule has 0 radical (unpaired) electrons. The summed E-state index contributed by atoms with van der Waals surface area (Å²) in [4.78, 5) is 25.0. The molecule has 2 aliphatic rings. The van der Waals surface area contributed by atoms with Gasteiger partial charge < -0.3 is 9.64 Å². The molecule has 1 aromatic rings. The molecule has 0 unspecified atom stereocenters. The fourth-order valence-electron chi connectivity index (χ4n) is 3.74. The quantitative estimate of drug-likeness (QED) is 0.840. The average molecular weight is 333 g/mol. The van der Waals surface area contributed by atoms with Crippen molar-refractivity contribution in [1.29, 1.82) is 0 Å². The molecule has 3 rings (SSSR count). The Labute approximate surface area is 141 Å². The van der Waals surface area contributed by atoms with Gasteiger partial charge in [-0.15, -0.1) is 0 Å². The highest BCUT2D eigenvalue weighted by Gasteiger charge is 2.54. The SMILES string of the molecule is CC(=O)SC1CC2(C1)CC(N(C)C(=O)OCc1ccccc1)C2. The van der Waals surface area contributed by atoms with Crippen molar-refractivity contribution in [2.24, 2.45) is 5.41 Å². The van der Waals surface area contributed by atoms with Crippen LogP contribution in [0, 0.1) is 5.41 Å². The van der Waals surface area contributed by atoms with Gasteiger partial charge in [0.1, 0.15) is 6.61 Å². The zero-order chi connectivity index (χ0) is 16.4. The van der Waals surface area contributed by atoms with Gasteiger partial charge >= 0.3 is 6.09 Å². The first kappa shape index (κ1) is 16.4. The predicted octanol–water partition coefficient (Wildman–Crippen LogP) is 3.85. The van der Waals surface area contributed by atoms with Crippen molar-refractivity contribution in [1.82, 2.24) is 4.90 Å². The molecule has 0 atom stereocenters. The van der Waals surface area contributed by atoms with E-state index >= 15 is 0 Å². The first-order valence-corrected chi connectivity index (χ1v) is 8.96. The van der Waals surface area contributed by atoms with Gasteiger partial charge in [0.05, 0.1) is 0 Å². The molecule has 2 aliphatic carbocycles. The highest BCUT2D eigenvalue weighted by Crippen LogP contribution is 2.60. The van der Waals surface area contributed by atoms with Gasteiger partial charge in [0.15, 0.2) is 5.12 Å². The van der Waals surface area contributed by atoms with Crippen LogP contribution in [-0.2, 0) is 16.1 Å². The highest BCUT2D eigenvalue weighted by molar-refractivity contribution is 8.14. The highest BCUT2D eigenvalue weighted by atomic mass is 32.2. The fraction of sp³-hybridized carbons (Fsp3) is 0.556. The molecule has 2 fully saturated rings. The van der Waals surface area contributed by atoms with Crippen LogP contribution in [0.15, 0.2) is 30.3 Å². The van der Waals surface area contributed by atoms with Gasteiger partial charge in [-0.1, -0.05) is 42.1 Å². The van der Waals surface area contributed by atoms with Gasteiger partial charge in [-0.3, -0.25) is 4.79 Å². The standard InChI is InChI=1S/C18H23NO3S/c1-13(20)23-16-10-18(11-16)8-15(9-18)19(2)17(21)22-12-14-6-4-3-5-7-14/h3-7,15-16H,8-12H2,1-2H3. The van der Waals surface area contributed by atoms with Gasteiger partial charge in [-0.25, -0.2) is 4.79 Å². The summed E-state index contributed by atoms with van der Waals surface area (Å²) in [5.74, 6) is 0. The van der Waals surface area contributed by atoms with Crippen LogP contribution in [0.1, 0.15) is 38.2 Å². The van der Waals surface area contributed by atoms with Crippen LogP contribution in [0.3, 0.4) is 0 Å². The van der Waals surface area contributed by atoms with E-state index in [-0.39, 0.29) is 17.3 Å². The summed E-state index contributed by atoms with van der Waals surface area (Å²) in [7, 11) is 1.82.